The number of hydrogen-bond acceptors (Lipinski definition) is 2. The van der Waals surface area contributed by atoms with Gasteiger partial charge in [-0.2, -0.15) is 0 Å². The van der Waals surface area contributed by atoms with Gasteiger partial charge in [0.15, 0.2) is 0 Å². The van der Waals surface area contributed by atoms with Crippen molar-refractivity contribution in [2.45, 2.75) is 37.9 Å². The number of benzene rings is 1. The zero-order chi connectivity index (χ0) is 10.7. The van der Waals surface area contributed by atoms with E-state index in [1.807, 2.05) is 0 Å². The van der Waals surface area contributed by atoms with E-state index in [9.17, 15) is 5.11 Å². The van der Waals surface area contributed by atoms with E-state index in [0.717, 1.165) is 25.7 Å². The summed E-state index contributed by atoms with van der Waals surface area (Å²) in [7, 11) is 1.70. The predicted octanol–water partition coefficient (Wildman–Crippen LogP) is 2.29. The summed E-state index contributed by atoms with van der Waals surface area (Å²) in [5, 5.41) is 9.71. The molecule has 2 rings (SSSR count). The molecule has 0 amide bonds. The minimum Gasteiger partial charge on any atom is -0.390 e. The molecule has 0 unspecified atom stereocenters. The van der Waals surface area contributed by atoms with Crippen LogP contribution in [0.5, 0.6) is 0 Å². The summed E-state index contributed by atoms with van der Waals surface area (Å²) in [6.45, 7) is 0.671. The number of methoxy groups -OCH3 is 1. The van der Waals surface area contributed by atoms with E-state index >= 15 is 0 Å². The second-order valence-corrected chi connectivity index (χ2v) is 4.47. The molecule has 1 saturated carbocycles. The van der Waals surface area contributed by atoms with Crippen LogP contribution in [-0.2, 0) is 17.8 Å². The second kappa shape index (κ2) is 4.33. The van der Waals surface area contributed by atoms with E-state index < -0.39 is 0 Å². The number of aliphatic hydroxyl groups is 1. The highest BCUT2D eigenvalue weighted by Gasteiger charge is 2.39. The van der Waals surface area contributed by atoms with Gasteiger partial charge < -0.3 is 9.84 Å². The molecule has 1 aromatic carbocycles. The molecule has 0 aliphatic heterocycles. The molecule has 0 saturated heterocycles. The Balaban J connectivity index is 1.86. The predicted molar refractivity (Wildman–Crippen MR) is 59.7 cm³/mol. The lowest BCUT2D eigenvalue weighted by atomic mass is 10.0. The van der Waals surface area contributed by atoms with Crippen LogP contribution in [0.1, 0.15) is 30.4 Å². The van der Waals surface area contributed by atoms with Gasteiger partial charge in [-0.15, -0.1) is 0 Å². The molecule has 1 aliphatic carbocycles. The van der Waals surface area contributed by atoms with Gasteiger partial charge in [-0.3, -0.25) is 0 Å². The van der Waals surface area contributed by atoms with Crippen molar-refractivity contribution in [2.24, 2.45) is 0 Å². The third-order valence-corrected chi connectivity index (χ3v) is 3.04. The first kappa shape index (κ1) is 10.7. The topological polar surface area (TPSA) is 29.5 Å². The van der Waals surface area contributed by atoms with Crippen molar-refractivity contribution in [3.8, 4) is 0 Å². The highest BCUT2D eigenvalue weighted by atomic mass is 16.5. The fourth-order valence-electron chi connectivity index (χ4n) is 1.74. The van der Waals surface area contributed by atoms with E-state index in [1.54, 1.807) is 7.11 Å². The molecule has 0 aromatic heterocycles. The zero-order valence-corrected chi connectivity index (χ0v) is 9.20. The molecular weight excluding hydrogens is 188 g/mol. The van der Waals surface area contributed by atoms with Crippen LogP contribution in [0.3, 0.4) is 0 Å². The van der Waals surface area contributed by atoms with Gasteiger partial charge in [0.2, 0.25) is 0 Å². The van der Waals surface area contributed by atoms with E-state index in [-0.39, 0.29) is 5.60 Å². The molecule has 0 heterocycles. The number of rotatable bonds is 5. The van der Waals surface area contributed by atoms with Crippen molar-refractivity contribution in [3.05, 3.63) is 35.4 Å². The highest BCUT2D eigenvalue weighted by Crippen LogP contribution is 2.39. The molecule has 0 atom stereocenters. The summed E-state index contributed by atoms with van der Waals surface area (Å²) in [6.07, 6.45) is 3.84. The van der Waals surface area contributed by atoms with Crippen LogP contribution in [0.4, 0.5) is 0 Å². The highest BCUT2D eigenvalue weighted by molar-refractivity contribution is 5.22. The molecule has 1 fully saturated rings. The van der Waals surface area contributed by atoms with E-state index in [0.29, 0.717) is 6.61 Å². The Morgan fingerprint density at radius 3 is 2.33 bits per heavy atom. The summed E-state index contributed by atoms with van der Waals surface area (Å²) < 4.78 is 5.05. The molecule has 0 bridgehead atoms. The third kappa shape index (κ3) is 3.05. The van der Waals surface area contributed by atoms with Gasteiger partial charge in [0, 0.05) is 7.11 Å². The Hall–Kier alpha value is -0.860. The number of hydrogen-bond donors (Lipinski definition) is 1. The van der Waals surface area contributed by atoms with Gasteiger partial charge >= 0.3 is 0 Å². The van der Waals surface area contributed by atoms with Gasteiger partial charge in [-0.25, -0.2) is 0 Å². The summed E-state index contributed by atoms with van der Waals surface area (Å²) in [5.74, 6) is 0. The van der Waals surface area contributed by atoms with E-state index in [2.05, 4.69) is 24.3 Å². The minimum atomic E-state index is -0.328. The quantitative estimate of drug-likeness (QED) is 0.801. The van der Waals surface area contributed by atoms with Crippen molar-refractivity contribution in [1.29, 1.82) is 0 Å². The second-order valence-electron chi connectivity index (χ2n) is 4.47. The number of aryl methyl sites for hydroxylation is 1. The van der Waals surface area contributed by atoms with Crippen LogP contribution in [0.25, 0.3) is 0 Å². The Morgan fingerprint density at radius 1 is 1.20 bits per heavy atom. The zero-order valence-electron chi connectivity index (χ0n) is 9.20. The summed E-state index contributed by atoms with van der Waals surface area (Å²) in [4.78, 5) is 0. The molecule has 15 heavy (non-hydrogen) atoms. The van der Waals surface area contributed by atoms with E-state index in [1.165, 1.54) is 11.1 Å². The lowest BCUT2D eigenvalue weighted by Gasteiger charge is -2.07. The van der Waals surface area contributed by atoms with Gasteiger partial charge in [-0.1, -0.05) is 24.3 Å². The molecule has 82 valence electrons. The summed E-state index contributed by atoms with van der Waals surface area (Å²) in [6, 6.07) is 8.44. The van der Waals surface area contributed by atoms with Gasteiger partial charge in [0.1, 0.15) is 0 Å². The molecule has 2 nitrogen and oxygen atoms in total. The molecule has 1 aliphatic rings. The Morgan fingerprint density at radius 2 is 1.80 bits per heavy atom. The molecule has 0 radical (unpaired) electrons. The first-order valence-corrected chi connectivity index (χ1v) is 5.51. The van der Waals surface area contributed by atoms with Crippen LogP contribution in [-0.4, -0.2) is 17.8 Å². The van der Waals surface area contributed by atoms with Crippen molar-refractivity contribution < 1.29 is 9.84 Å². The average molecular weight is 206 g/mol. The molecule has 0 spiro atoms. The smallest absolute Gasteiger partial charge is 0.0713 e. The molecular formula is C13H18O2. The Kier molecular flexibility index (Phi) is 3.08. The fraction of sp³-hybridized carbons (Fsp3) is 0.538. The molecule has 2 heteroatoms. The first-order chi connectivity index (χ1) is 7.22. The normalized spacial score (nSPS) is 17.7. The Labute approximate surface area is 90.9 Å². The van der Waals surface area contributed by atoms with Crippen molar-refractivity contribution in [2.75, 3.05) is 7.11 Å². The first-order valence-electron chi connectivity index (χ1n) is 5.51. The van der Waals surface area contributed by atoms with Crippen molar-refractivity contribution >= 4 is 0 Å². The largest absolute Gasteiger partial charge is 0.390 e. The fourth-order valence-corrected chi connectivity index (χ4v) is 1.74. The standard InChI is InChI=1S/C13H18O2/c1-15-10-12-4-2-11(3-5-12)6-7-13(14)8-9-13/h2-5,14H,6-10H2,1H3. The van der Waals surface area contributed by atoms with Crippen LogP contribution in [0.2, 0.25) is 0 Å². The van der Waals surface area contributed by atoms with Crippen LogP contribution < -0.4 is 0 Å². The lowest BCUT2D eigenvalue weighted by molar-refractivity contribution is 0.140. The average Bonchev–Trinajstić information content (AvgIpc) is 2.97. The third-order valence-electron chi connectivity index (χ3n) is 3.04. The maximum Gasteiger partial charge on any atom is 0.0713 e. The van der Waals surface area contributed by atoms with Crippen LogP contribution in [0, 0.1) is 0 Å². The van der Waals surface area contributed by atoms with Crippen molar-refractivity contribution in [1.82, 2.24) is 0 Å². The maximum atomic E-state index is 9.71. The van der Waals surface area contributed by atoms with Crippen LogP contribution >= 0.6 is 0 Å². The lowest BCUT2D eigenvalue weighted by Crippen LogP contribution is -2.07. The molecule has 1 aromatic rings. The molecule has 1 N–H and O–H groups in total. The van der Waals surface area contributed by atoms with Gasteiger partial charge in [0.25, 0.3) is 0 Å². The summed E-state index contributed by atoms with van der Waals surface area (Å²) in [5.41, 5.74) is 2.17. The summed E-state index contributed by atoms with van der Waals surface area (Å²) >= 11 is 0. The van der Waals surface area contributed by atoms with Crippen LogP contribution in [0.15, 0.2) is 24.3 Å². The van der Waals surface area contributed by atoms with E-state index in [4.69, 9.17) is 4.74 Å². The minimum absolute atomic E-state index is 0.328. The Bertz CT molecular complexity index is 312. The monoisotopic (exact) mass is 206 g/mol. The maximum absolute atomic E-state index is 9.71. The van der Waals surface area contributed by atoms with Gasteiger partial charge in [0.05, 0.1) is 12.2 Å². The number of ether oxygens (including phenoxy) is 1. The SMILES string of the molecule is COCc1ccc(CCC2(O)CC2)cc1. The van der Waals surface area contributed by atoms with Crippen molar-refractivity contribution in [3.63, 3.8) is 0 Å². The van der Waals surface area contributed by atoms with Gasteiger partial charge in [-0.05, 0) is 36.8 Å².